The number of thiophene rings is 1. The van der Waals surface area contributed by atoms with Crippen molar-refractivity contribution in [2.45, 2.75) is 31.9 Å². The normalized spacial score (nSPS) is 18.4. The molecule has 0 amide bonds. The summed E-state index contributed by atoms with van der Waals surface area (Å²) in [5, 5.41) is 10.2. The van der Waals surface area contributed by atoms with E-state index in [1.807, 2.05) is 11.4 Å². The lowest BCUT2D eigenvalue weighted by molar-refractivity contribution is 0.0200. The van der Waals surface area contributed by atoms with E-state index in [1.54, 1.807) is 18.4 Å². The summed E-state index contributed by atoms with van der Waals surface area (Å²) >= 11 is 1.64. The van der Waals surface area contributed by atoms with Crippen LogP contribution >= 0.6 is 35.3 Å². The summed E-state index contributed by atoms with van der Waals surface area (Å²) in [6.07, 6.45) is 3.08. The van der Waals surface area contributed by atoms with Crippen molar-refractivity contribution in [1.82, 2.24) is 15.4 Å². The van der Waals surface area contributed by atoms with Gasteiger partial charge in [-0.05, 0) is 41.7 Å². The number of aliphatic imine (C=N–C) groups is 1. The molecule has 25 heavy (non-hydrogen) atoms. The number of nitrogens with zero attached hydrogens (tertiary/aromatic N) is 1. The van der Waals surface area contributed by atoms with Gasteiger partial charge in [-0.25, -0.2) is 13.1 Å². The van der Waals surface area contributed by atoms with Gasteiger partial charge in [-0.1, -0.05) is 0 Å². The fourth-order valence-electron chi connectivity index (χ4n) is 2.36. The first-order valence-electron chi connectivity index (χ1n) is 8.13. The van der Waals surface area contributed by atoms with Gasteiger partial charge >= 0.3 is 0 Å². The van der Waals surface area contributed by atoms with Crippen molar-refractivity contribution in [2.24, 2.45) is 4.99 Å². The molecule has 1 aliphatic rings. The van der Waals surface area contributed by atoms with E-state index in [9.17, 15) is 8.42 Å². The van der Waals surface area contributed by atoms with Crippen molar-refractivity contribution in [1.29, 1.82) is 0 Å². The monoisotopic (exact) mass is 502 g/mol. The first kappa shape index (κ1) is 22.6. The molecule has 0 aliphatic carbocycles. The summed E-state index contributed by atoms with van der Waals surface area (Å²) in [5.74, 6) is 0.589. The van der Waals surface area contributed by atoms with Crippen molar-refractivity contribution in [3.05, 3.63) is 22.4 Å². The van der Waals surface area contributed by atoms with Crippen LogP contribution < -0.4 is 15.4 Å². The van der Waals surface area contributed by atoms with Gasteiger partial charge < -0.3 is 15.4 Å². The van der Waals surface area contributed by atoms with E-state index in [0.29, 0.717) is 25.6 Å². The second-order valence-corrected chi connectivity index (χ2v) is 8.35. The molecule has 0 radical (unpaired) electrons. The van der Waals surface area contributed by atoms with E-state index in [0.717, 1.165) is 25.9 Å². The second kappa shape index (κ2) is 12.0. The van der Waals surface area contributed by atoms with Gasteiger partial charge in [0.15, 0.2) is 5.96 Å². The van der Waals surface area contributed by atoms with Crippen molar-refractivity contribution in [3.8, 4) is 0 Å². The van der Waals surface area contributed by atoms with Crippen LogP contribution in [0.25, 0.3) is 0 Å². The molecule has 1 fully saturated rings. The summed E-state index contributed by atoms with van der Waals surface area (Å²) < 4.78 is 32.2. The van der Waals surface area contributed by atoms with E-state index in [4.69, 9.17) is 4.74 Å². The van der Waals surface area contributed by atoms with E-state index in [-0.39, 0.29) is 35.8 Å². The molecule has 1 saturated heterocycles. The Morgan fingerprint density at radius 3 is 2.88 bits per heavy atom. The molecule has 0 spiro atoms. The van der Waals surface area contributed by atoms with Gasteiger partial charge in [-0.2, -0.15) is 11.3 Å². The van der Waals surface area contributed by atoms with Crippen molar-refractivity contribution in [2.75, 3.05) is 32.5 Å². The standard InChI is InChI=1S/C15H26N4O3S2.HI/c1-16-15(18-10-13-5-8-23-12-13)17-6-9-24(20,21)19-11-14-4-2-3-7-22-14;/h5,8,12,14,19H,2-4,6-7,9-11H2,1H3,(H2,16,17,18);1H. The first-order chi connectivity index (χ1) is 11.6. The highest BCUT2D eigenvalue weighted by molar-refractivity contribution is 14.0. The molecule has 1 aromatic rings. The number of halogens is 1. The number of rotatable bonds is 8. The Balaban J connectivity index is 0.00000312. The van der Waals surface area contributed by atoms with Gasteiger partial charge in [0.1, 0.15) is 0 Å². The first-order valence-corrected chi connectivity index (χ1v) is 10.7. The Morgan fingerprint density at radius 1 is 1.40 bits per heavy atom. The van der Waals surface area contributed by atoms with Crippen LogP contribution in [-0.2, 0) is 21.3 Å². The van der Waals surface area contributed by atoms with Gasteiger partial charge in [-0.15, -0.1) is 24.0 Å². The topological polar surface area (TPSA) is 91.8 Å². The van der Waals surface area contributed by atoms with Crippen LogP contribution in [0.2, 0.25) is 0 Å². The van der Waals surface area contributed by atoms with Crippen LogP contribution in [0, 0.1) is 0 Å². The van der Waals surface area contributed by atoms with Crippen molar-refractivity contribution in [3.63, 3.8) is 0 Å². The van der Waals surface area contributed by atoms with Crippen LogP contribution in [0.15, 0.2) is 21.8 Å². The summed E-state index contributed by atoms with van der Waals surface area (Å²) in [5.41, 5.74) is 1.17. The predicted octanol–water partition coefficient (Wildman–Crippen LogP) is 1.52. The molecule has 7 nitrogen and oxygen atoms in total. The smallest absolute Gasteiger partial charge is 0.213 e. The Labute approximate surface area is 171 Å². The Morgan fingerprint density at radius 2 is 2.24 bits per heavy atom. The molecule has 1 aromatic heterocycles. The third-order valence-corrected chi connectivity index (χ3v) is 5.81. The molecule has 2 heterocycles. The zero-order chi connectivity index (χ0) is 17.3. The third-order valence-electron chi connectivity index (χ3n) is 3.73. The molecule has 1 aliphatic heterocycles. The van der Waals surface area contributed by atoms with E-state index < -0.39 is 10.0 Å². The van der Waals surface area contributed by atoms with E-state index >= 15 is 0 Å². The predicted molar refractivity (Wildman–Crippen MR) is 113 cm³/mol. The number of ether oxygens (including phenoxy) is 1. The van der Waals surface area contributed by atoms with Gasteiger partial charge in [0, 0.05) is 33.3 Å². The zero-order valence-electron chi connectivity index (χ0n) is 14.4. The minimum atomic E-state index is -3.32. The lowest BCUT2D eigenvalue weighted by atomic mass is 10.1. The van der Waals surface area contributed by atoms with E-state index in [1.165, 1.54) is 5.56 Å². The molecule has 0 saturated carbocycles. The minimum absolute atomic E-state index is 0. The Bertz CT molecular complexity index is 602. The highest BCUT2D eigenvalue weighted by atomic mass is 127. The highest BCUT2D eigenvalue weighted by Crippen LogP contribution is 2.11. The molecule has 0 aromatic carbocycles. The SMILES string of the molecule is CN=C(NCCS(=O)(=O)NCC1CCCCO1)NCc1ccsc1.I. The highest BCUT2D eigenvalue weighted by Gasteiger charge is 2.17. The lowest BCUT2D eigenvalue weighted by Crippen LogP contribution is -2.42. The van der Waals surface area contributed by atoms with Gasteiger partial charge in [0.25, 0.3) is 0 Å². The third kappa shape index (κ3) is 9.18. The van der Waals surface area contributed by atoms with Gasteiger partial charge in [0.2, 0.25) is 10.0 Å². The van der Waals surface area contributed by atoms with Gasteiger partial charge in [-0.3, -0.25) is 4.99 Å². The number of hydrogen-bond donors (Lipinski definition) is 3. The van der Waals surface area contributed by atoms with Crippen LogP contribution in [0.4, 0.5) is 0 Å². The molecule has 3 N–H and O–H groups in total. The molecule has 1 atom stereocenters. The zero-order valence-corrected chi connectivity index (χ0v) is 18.3. The van der Waals surface area contributed by atoms with E-state index in [2.05, 4.69) is 25.7 Å². The maximum Gasteiger partial charge on any atom is 0.213 e. The molecule has 1 unspecified atom stereocenters. The van der Waals surface area contributed by atoms with Crippen LogP contribution in [0.1, 0.15) is 24.8 Å². The largest absolute Gasteiger partial charge is 0.377 e. The Kier molecular flexibility index (Phi) is 10.9. The molecular formula is C15H27IN4O3S2. The summed E-state index contributed by atoms with van der Waals surface area (Å²) in [7, 11) is -1.65. The molecule has 144 valence electrons. The number of nitrogens with one attached hydrogen (secondary N) is 3. The number of hydrogen-bond acceptors (Lipinski definition) is 5. The van der Waals surface area contributed by atoms with Crippen LogP contribution in [-0.4, -0.2) is 53.0 Å². The molecule has 2 rings (SSSR count). The average Bonchev–Trinajstić information content (AvgIpc) is 3.10. The Hall–Kier alpha value is -0.430. The quantitative estimate of drug-likeness (QED) is 0.285. The molecule has 0 bridgehead atoms. The molecule has 10 heteroatoms. The minimum Gasteiger partial charge on any atom is -0.377 e. The molecular weight excluding hydrogens is 475 g/mol. The number of guanidine groups is 1. The summed E-state index contributed by atoms with van der Waals surface area (Å²) in [6.45, 7) is 2.03. The number of sulfonamides is 1. The van der Waals surface area contributed by atoms with Crippen LogP contribution in [0.5, 0.6) is 0 Å². The fraction of sp³-hybridized carbons (Fsp3) is 0.667. The van der Waals surface area contributed by atoms with Crippen LogP contribution in [0.3, 0.4) is 0 Å². The van der Waals surface area contributed by atoms with Crippen molar-refractivity contribution < 1.29 is 13.2 Å². The maximum absolute atomic E-state index is 12.0. The summed E-state index contributed by atoms with van der Waals surface area (Å²) in [6, 6.07) is 2.03. The van der Waals surface area contributed by atoms with Gasteiger partial charge in [0.05, 0.1) is 11.9 Å². The lowest BCUT2D eigenvalue weighted by Gasteiger charge is -2.22. The van der Waals surface area contributed by atoms with Crippen molar-refractivity contribution >= 4 is 51.3 Å². The average molecular weight is 502 g/mol. The summed E-state index contributed by atoms with van der Waals surface area (Å²) in [4.78, 5) is 4.09. The second-order valence-electron chi connectivity index (χ2n) is 5.64. The fourth-order valence-corrected chi connectivity index (χ4v) is 3.99. The maximum atomic E-state index is 12.0.